The number of hydrogen-bond donors (Lipinski definition) is 6. The third kappa shape index (κ3) is 23.2. The van der Waals surface area contributed by atoms with Gasteiger partial charge in [0.1, 0.15) is 0 Å². The minimum atomic E-state index is -4.00. The van der Waals surface area contributed by atoms with Crippen LogP contribution in [0.4, 0.5) is 34.1 Å². The van der Waals surface area contributed by atoms with Gasteiger partial charge in [-0.3, -0.25) is 28.8 Å². The average molecular weight is 1610 g/mol. The van der Waals surface area contributed by atoms with Crippen LogP contribution in [0.2, 0.25) is 0 Å². The molecule has 4 amide bonds. The summed E-state index contributed by atoms with van der Waals surface area (Å²) < 4.78 is 58.3. The van der Waals surface area contributed by atoms with Gasteiger partial charge in [0.15, 0.2) is 0 Å². The van der Waals surface area contributed by atoms with Crippen LogP contribution in [0.25, 0.3) is 0 Å². The molecule has 588 valence electrons. The third-order valence-corrected chi connectivity index (χ3v) is 25.6. The van der Waals surface area contributed by atoms with E-state index in [4.69, 9.17) is 0 Å². The van der Waals surface area contributed by atoms with Gasteiger partial charge in [0, 0.05) is 85.2 Å². The molecule has 0 aromatic heterocycles. The molecule has 0 atom stereocenters. The van der Waals surface area contributed by atoms with Crippen molar-refractivity contribution >= 4 is 102 Å². The first kappa shape index (κ1) is 88.9. The number of carbonyl (C=O) groups excluding carboxylic acids is 6. The molecule has 0 bridgehead atoms. The van der Waals surface area contributed by atoms with Crippen LogP contribution in [0.3, 0.4) is 0 Å². The summed E-state index contributed by atoms with van der Waals surface area (Å²) in [5.41, 5.74) is 8.41. The number of amides is 4. The second-order valence-corrected chi connectivity index (χ2v) is 32.7. The van der Waals surface area contributed by atoms with Gasteiger partial charge in [-0.15, -0.1) is 0 Å². The first-order chi connectivity index (χ1) is 53.8. The zero-order chi connectivity index (χ0) is 79.6. The molecule has 8 aromatic rings. The van der Waals surface area contributed by atoms with E-state index < -0.39 is 79.4 Å². The molecule has 0 spiro atoms. The number of hydrogen-bond acceptors (Lipinski definition) is 16. The van der Waals surface area contributed by atoms with E-state index >= 15 is 0 Å². The molecule has 4 fully saturated rings. The standard InChI is InChI=1S/2C43H48N4O8S.2Na/c2*1-2-47(35-21-17-32(18-22-35)43(52)53)56(54,55)37-8-6-7-33(27-37)40(48)45-39-24-23-36(46-25-4-3-5-26-46)28-38(39)41(49)44-34-19-13-30(14-20-34)10-9-29-11-15-31(16-12-29)42(50)51;;/h2*6-8,11-16,19-20,23-24,27-28,32,35H,2-5,9-10,17-18,21-22,25-26H2,1H3,(H,44,49)(H,45,48)(H,50,51)(H,52,53);;/q;;2*+1/p-2. The number of nitrogens with one attached hydrogen (secondary N) is 4. The molecule has 6 N–H and O–H groups in total. The van der Waals surface area contributed by atoms with E-state index in [9.17, 15) is 75.6 Å². The Morgan fingerprint density at radius 1 is 0.386 bits per heavy atom. The second-order valence-electron chi connectivity index (χ2n) is 28.9. The number of aryl methyl sites for hydroxylation is 4. The van der Waals surface area contributed by atoms with Crippen LogP contribution < -0.4 is 100 Å². The number of carboxylic acid groups (broad SMARTS) is 4. The van der Waals surface area contributed by atoms with E-state index in [-0.39, 0.29) is 139 Å². The van der Waals surface area contributed by atoms with Gasteiger partial charge in [-0.2, -0.15) is 8.61 Å². The monoisotopic (exact) mass is 1600 g/mol. The van der Waals surface area contributed by atoms with Crippen LogP contribution in [0.1, 0.15) is 188 Å². The van der Waals surface area contributed by atoms with E-state index in [2.05, 4.69) is 31.1 Å². The Labute approximate surface area is 710 Å². The molecule has 0 radical (unpaired) electrons. The SMILES string of the molecule is CCN(C1CCC(C(=O)O)CC1)S(=O)(=O)c1cccc(C(=O)Nc2ccc(N3CCCCC3)cc2C(=O)Nc2ccc(CCc3ccc(C(=O)[O-])cc3)cc2)c1.CCN(C1CCC(C(=O)O)CC1)S(=O)(=O)c1cccc(C(=O)Nc2ccc(N3CCCCC3)cc2C(=O)Nc2ccc(CCc3ccc(C(=O)[O-])cc3)cc2)c1.[Na+].[Na+]. The van der Waals surface area contributed by atoms with Crippen LogP contribution >= 0.6 is 0 Å². The molecular weight excluding hydrogens is 1510 g/mol. The maximum absolute atomic E-state index is 13.9. The molecule has 28 heteroatoms. The Balaban J connectivity index is 0.000000257. The van der Waals surface area contributed by atoms with Crippen molar-refractivity contribution in [2.75, 3.05) is 70.3 Å². The van der Waals surface area contributed by atoms with Gasteiger partial charge in [0.05, 0.1) is 56.1 Å². The van der Waals surface area contributed by atoms with Crippen LogP contribution in [0.5, 0.6) is 0 Å². The zero-order valence-electron chi connectivity index (χ0n) is 64.8. The van der Waals surface area contributed by atoms with E-state index in [1.54, 1.807) is 62.4 Å². The van der Waals surface area contributed by atoms with E-state index in [1.165, 1.54) is 81.4 Å². The summed E-state index contributed by atoms with van der Waals surface area (Å²) in [6, 6.07) is 49.8. The second kappa shape index (κ2) is 41.5. The van der Waals surface area contributed by atoms with Crippen molar-refractivity contribution in [1.29, 1.82) is 0 Å². The summed E-state index contributed by atoms with van der Waals surface area (Å²) in [5.74, 6) is -7.11. The predicted octanol–water partition coefficient (Wildman–Crippen LogP) is 5.98. The van der Waals surface area contributed by atoms with Gasteiger partial charge in [0.2, 0.25) is 20.0 Å². The zero-order valence-corrected chi connectivity index (χ0v) is 70.4. The summed E-state index contributed by atoms with van der Waals surface area (Å²) in [5, 5.41) is 52.5. The number of carboxylic acids is 4. The Hall–Kier alpha value is -9.06. The van der Waals surface area contributed by atoms with E-state index in [1.807, 2.05) is 60.7 Å². The van der Waals surface area contributed by atoms with Gasteiger partial charge in [-0.05, 0) is 246 Å². The Morgan fingerprint density at radius 3 is 1.00 bits per heavy atom. The third-order valence-electron chi connectivity index (χ3n) is 21.6. The summed E-state index contributed by atoms with van der Waals surface area (Å²) in [6.45, 7) is 7.31. The molecule has 12 rings (SSSR count). The molecule has 2 aliphatic heterocycles. The molecule has 114 heavy (non-hydrogen) atoms. The number of rotatable bonds is 28. The molecule has 24 nitrogen and oxygen atoms in total. The molecule has 2 aliphatic carbocycles. The average Bonchev–Trinajstić information content (AvgIpc) is 0.803. The maximum Gasteiger partial charge on any atom is 1.00 e. The molecular formula is C86H94N8Na2O16S2. The molecule has 2 heterocycles. The van der Waals surface area contributed by atoms with E-state index in [0.29, 0.717) is 88.4 Å². The Bertz CT molecular complexity index is 4640. The first-order valence-corrected chi connectivity index (χ1v) is 41.2. The fourth-order valence-corrected chi connectivity index (χ4v) is 18.7. The summed E-state index contributed by atoms with van der Waals surface area (Å²) in [4.78, 5) is 105. The summed E-state index contributed by atoms with van der Waals surface area (Å²) in [6.07, 6.45) is 12.6. The number of benzene rings is 8. The topological polar surface area (TPSA) is 352 Å². The largest absolute Gasteiger partial charge is 1.00 e. The van der Waals surface area contributed by atoms with Gasteiger partial charge >= 0.3 is 71.1 Å². The maximum atomic E-state index is 13.9. The molecule has 2 saturated heterocycles. The minimum Gasteiger partial charge on any atom is -0.545 e. The van der Waals surface area contributed by atoms with Crippen molar-refractivity contribution in [3.05, 3.63) is 238 Å². The van der Waals surface area contributed by atoms with Crippen molar-refractivity contribution in [3.8, 4) is 0 Å². The fraction of sp³-hybridized carbons (Fsp3) is 0.349. The number of piperidine rings is 2. The van der Waals surface area contributed by atoms with Gasteiger partial charge in [-0.25, -0.2) is 16.8 Å². The number of carbonyl (C=O) groups is 8. The van der Waals surface area contributed by atoms with Crippen molar-refractivity contribution in [2.45, 2.75) is 151 Å². The fourth-order valence-electron chi connectivity index (χ4n) is 15.2. The van der Waals surface area contributed by atoms with Crippen molar-refractivity contribution in [2.24, 2.45) is 11.8 Å². The van der Waals surface area contributed by atoms with Gasteiger partial charge in [-0.1, -0.05) is 98.8 Å². The number of anilines is 6. The number of aliphatic carboxylic acids is 2. The van der Waals surface area contributed by atoms with Crippen LogP contribution in [-0.2, 0) is 55.3 Å². The van der Waals surface area contributed by atoms with Crippen molar-refractivity contribution in [3.63, 3.8) is 0 Å². The van der Waals surface area contributed by atoms with Gasteiger partial charge < -0.3 is 61.1 Å². The first-order valence-electron chi connectivity index (χ1n) is 38.4. The normalized spacial score (nSPS) is 17.0. The molecule has 4 aliphatic rings. The molecule has 0 unspecified atom stereocenters. The predicted molar refractivity (Wildman–Crippen MR) is 425 cm³/mol. The minimum absolute atomic E-state index is 0. The summed E-state index contributed by atoms with van der Waals surface area (Å²) in [7, 11) is -8.01. The van der Waals surface area contributed by atoms with E-state index in [0.717, 1.165) is 98.3 Å². The quantitative estimate of drug-likeness (QED) is 0.0307. The number of nitrogens with zero attached hydrogens (tertiary/aromatic N) is 4. The molecule has 2 saturated carbocycles. The number of aromatic carboxylic acids is 2. The van der Waals surface area contributed by atoms with Crippen LogP contribution in [0, 0.1) is 11.8 Å². The summed E-state index contributed by atoms with van der Waals surface area (Å²) >= 11 is 0. The Kier molecular flexibility index (Phi) is 32.3. The van der Waals surface area contributed by atoms with Crippen molar-refractivity contribution in [1.82, 2.24) is 8.61 Å². The number of sulfonamides is 2. The van der Waals surface area contributed by atoms with Crippen molar-refractivity contribution < 1.29 is 135 Å². The van der Waals surface area contributed by atoms with Crippen LogP contribution in [0.15, 0.2) is 192 Å². The smallest absolute Gasteiger partial charge is 0.545 e. The van der Waals surface area contributed by atoms with Gasteiger partial charge in [0.25, 0.3) is 23.6 Å². The Morgan fingerprint density at radius 2 is 0.702 bits per heavy atom. The van der Waals surface area contributed by atoms with Crippen LogP contribution in [-0.4, -0.2) is 135 Å². The molecule has 8 aromatic carbocycles.